The van der Waals surface area contributed by atoms with Gasteiger partial charge in [-0.1, -0.05) is 150 Å². The fourth-order valence-electron chi connectivity index (χ4n) is 10.8. The lowest BCUT2D eigenvalue weighted by molar-refractivity contribution is 0.436. The van der Waals surface area contributed by atoms with Gasteiger partial charge >= 0.3 is 0 Å². The number of hydrogen-bond acceptors (Lipinski definition) is 2. The fourth-order valence-corrected chi connectivity index (χ4v) is 10.8. The molecule has 0 spiro atoms. The SMILES string of the molecule is c1cc(C2CCCCC2)c(N=C2C(=Nc3c(C4CCCCC4)cccc3C3CCCCC3)c3cccc4cccc2c34)c(C2CCCCC2)c1. The number of para-hydroxylation sites is 2. The van der Waals surface area contributed by atoms with Crippen molar-refractivity contribution in [1.29, 1.82) is 0 Å². The van der Waals surface area contributed by atoms with E-state index >= 15 is 0 Å². The van der Waals surface area contributed by atoms with E-state index in [1.54, 1.807) is 0 Å². The molecule has 0 amide bonds. The summed E-state index contributed by atoms with van der Waals surface area (Å²) in [6, 6.07) is 28.3. The largest absolute Gasteiger partial charge is 0.245 e. The lowest BCUT2D eigenvalue weighted by Gasteiger charge is -2.29. The molecule has 258 valence electrons. The normalized spacial score (nSPS) is 23.0. The van der Waals surface area contributed by atoms with Crippen LogP contribution in [0.4, 0.5) is 11.4 Å². The van der Waals surface area contributed by atoms with Gasteiger partial charge in [-0.25, -0.2) is 9.98 Å². The summed E-state index contributed by atoms with van der Waals surface area (Å²) in [5, 5.41) is 2.65. The van der Waals surface area contributed by atoms with Gasteiger partial charge in [-0.2, -0.15) is 0 Å². The minimum Gasteiger partial charge on any atom is -0.245 e. The Labute approximate surface area is 300 Å². The third-order valence-electron chi connectivity index (χ3n) is 13.5. The zero-order chi connectivity index (χ0) is 33.3. The fraction of sp³-hybridized carbons (Fsp3) is 0.500. The Morgan fingerprint density at radius 1 is 0.340 bits per heavy atom. The van der Waals surface area contributed by atoms with Gasteiger partial charge in [0.15, 0.2) is 0 Å². The quantitative estimate of drug-likeness (QED) is 0.197. The lowest BCUT2D eigenvalue weighted by atomic mass is 9.78. The Morgan fingerprint density at radius 3 is 0.960 bits per heavy atom. The molecule has 0 saturated heterocycles. The molecule has 0 atom stereocenters. The minimum atomic E-state index is 0.608. The van der Waals surface area contributed by atoms with E-state index in [0.29, 0.717) is 23.7 Å². The van der Waals surface area contributed by atoms with Crippen molar-refractivity contribution in [2.24, 2.45) is 9.98 Å². The smallest absolute Gasteiger partial charge is 0.0979 e. The maximum Gasteiger partial charge on any atom is 0.0979 e. The molecule has 0 bridgehead atoms. The van der Waals surface area contributed by atoms with Crippen LogP contribution in [0.15, 0.2) is 82.8 Å². The van der Waals surface area contributed by atoms with E-state index in [1.165, 1.54) is 184 Å². The highest BCUT2D eigenvalue weighted by molar-refractivity contribution is 6.61. The number of aliphatic imine (C=N–C) groups is 2. The molecule has 0 N–H and O–H groups in total. The summed E-state index contributed by atoms with van der Waals surface area (Å²) in [5.41, 5.74) is 13.4. The summed E-state index contributed by atoms with van der Waals surface area (Å²) in [4.78, 5) is 12.0. The van der Waals surface area contributed by atoms with Crippen molar-refractivity contribution in [3.05, 3.63) is 106 Å². The van der Waals surface area contributed by atoms with Crippen LogP contribution in [-0.2, 0) is 0 Å². The molecule has 5 aliphatic rings. The van der Waals surface area contributed by atoms with E-state index < -0.39 is 0 Å². The standard InChI is InChI=1S/C48H56N2/c1-5-17-33(18-6-1)38-27-15-28-39(34-19-7-2-8-20-34)45(38)49-47-42-31-13-25-37-26-14-32-43(44(37)42)48(47)50-46-40(35-21-9-3-10-22-35)29-16-30-41(46)36-23-11-4-12-24-36/h13-16,25-36H,1-12,17-24H2. The Hall–Kier alpha value is -3.52. The predicted molar refractivity (Wildman–Crippen MR) is 213 cm³/mol. The average molecular weight is 661 g/mol. The molecular weight excluding hydrogens is 605 g/mol. The van der Waals surface area contributed by atoms with Crippen LogP contribution in [0.3, 0.4) is 0 Å². The molecule has 0 heterocycles. The maximum absolute atomic E-state index is 6.00. The van der Waals surface area contributed by atoms with E-state index in [2.05, 4.69) is 72.8 Å². The van der Waals surface area contributed by atoms with E-state index in [0.717, 1.165) is 11.4 Å². The summed E-state index contributed by atoms with van der Waals surface area (Å²) < 4.78 is 0. The van der Waals surface area contributed by atoms with Crippen LogP contribution in [0.2, 0.25) is 0 Å². The molecular formula is C48H56N2. The zero-order valence-corrected chi connectivity index (χ0v) is 30.3. The highest BCUT2D eigenvalue weighted by Crippen LogP contribution is 2.48. The average Bonchev–Trinajstić information content (AvgIpc) is 3.49. The van der Waals surface area contributed by atoms with Gasteiger partial charge in [0.05, 0.1) is 22.8 Å². The Morgan fingerprint density at radius 2 is 0.640 bits per heavy atom. The van der Waals surface area contributed by atoms with Gasteiger partial charge in [-0.15, -0.1) is 0 Å². The van der Waals surface area contributed by atoms with E-state index in [4.69, 9.17) is 9.98 Å². The molecule has 4 aromatic carbocycles. The first-order valence-corrected chi connectivity index (χ1v) is 20.8. The third kappa shape index (κ3) is 6.20. The first-order chi connectivity index (χ1) is 24.8. The molecule has 4 fully saturated rings. The van der Waals surface area contributed by atoms with Gasteiger partial charge in [0.2, 0.25) is 0 Å². The summed E-state index contributed by atoms with van der Waals surface area (Å²) in [5.74, 6) is 2.43. The molecule has 9 rings (SSSR count). The number of hydrogen-bond donors (Lipinski definition) is 0. The minimum absolute atomic E-state index is 0.608. The van der Waals surface area contributed by atoms with Crippen molar-refractivity contribution in [3.63, 3.8) is 0 Å². The molecule has 5 aliphatic carbocycles. The third-order valence-corrected chi connectivity index (χ3v) is 13.5. The van der Waals surface area contributed by atoms with Crippen molar-refractivity contribution in [2.45, 2.75) is 152 Å². The van der Waals surface area contributed by atoms with Crippen LogP contribution < -0.4 is 0 Å². The van der Waals surface area contributed by atoms with Crippen LogP contribution >= 0.6 is 0 Å². The van der Waals surface area contributed by atoms with Crippen molar-refractivity contribution < 1.29 is 0 Å². The summed E-state index contributed by atoms with van der Waals surface area (Å²) in [7, 11) is 0. The highest BCUT2D eigenvalue weighted by Gasteiger charge is 2.32. The second-order valence-electron chi connectivity index (χ2n) is 16.5. The monoisotopic (exact) mass is 660 g/mol. The van der Waals surface area contributed by atoms with Crippen molar-refractivity contribution in [2.75, 3.05) is 0 Å². The highest BCUT2D eigenvalue weighted by atomic mass is 14.9. The first-order valence-electron chi connectivity index (χ1n) is 20.8. The van der Waals surface area contributed by atoms with Crippen LogP contribution in [0.1, 0.15) is 185 Å². The molecule has 0 aliphatic heterocycles. The van der Waals surface area contributed by atoms with Crippen molar-refractivity contribution in [3.8, 4) is 0 Å². The second-order valence-corrected chi connectivity index (χ2v) is 16.5. The topological polar surface area (TPSA) is 24.7 Å². The summed E-state index contributed by atoms with van der Waals surface area (Å²) in [6.07, 6.45) is 26.6. The van der Waals surface area contributed by atoms with Crippen molar-refractivity contribution >= 4 is 33.6 Å². The Balaban J connectivity index is 1.28. The Bertz CT molecular complexity index is 1680. The molecule has 0 aromatic heterocycles. The molecule has 2 nitrogen and oxygen atoms in total. The molecule has 50 heavy (non-hydrogen) atoms. The van der Waals surface area contributed by atoms with Gasteiger partial charge in [0, 0.05) is 16.5 Å². The van der Waals surface area contributed by atoms with E-state index in [9.17, 15) is 0 Å². The zero-order valence-electron chi connectivity index (χ0n) is 30.3. The molecule has 0 unspecified atom stereocenters. The van der Waals surface area contributed by atoms with Crippen molar-refractivity contribution in [1.82, 2.24) is 0 Å². The predicted octanol–water partition coefficient (Wildman–Crippen LogP) is 14.3. The first kappa shape index (κ1) is 32.4. The van der Waals surface area contributed by atoms with Gasteiger partial charge in [0.1, 0.15) is 0 Å². The van der Waals surface area contributed by atoms with Gasteiger partial charge in [0.25, 0.3) is 0 Å². The van der Waals surface area contributed by atoms with E-state index in [-0.39, 0.29) is 0 Å². The van der Waals surface area contributed by atoms with E-state index in [1.807, 2.05) is 0 Å². The van der Waals surface area contributed by atoms with Crippen LogP contribution in [0.5, 0.6) is 0 Å². The van der Waals surface area contributed by atoms with Gasteiger partial charge in [-0.3, -0.25) is 0 Å². The summed E-state index contributed by atoms with van der Waals surface area (Å²) >= 11 is 0. The van der Waals surface area contributed by atoms with Crippen LogP contribution in [-0.4, -0.2) is 11.4 Å². The molecule has 4 aromatic rings. The molecule has 2 heteroatoms. The summed E-state index contributed by atoms with van der Waals surface area (Å²) in [6.45, 7) is 0. The van der Waals surface area contributed by atoms with Crippen LogP contribution in [0, 0.1) is 0 Å². The number of benzene rings is 4. The van der Waals surface area contributed by atoms with Crippen LogP contribution in [0.25, 0.3) is 10.8 Å². The number of nitrogens with zero attached hydrogens (tertiary/aromatic N) is 2. The Kier molecular flexibility index (Phi) is 9.46. The van der Waals surface area contributed by atoms with Gasteiger partial charge < -0.3 is 0 Å². The number of rotatable bonds is 6. The second kappa shape index (κ2) is 14.6. The molecule has 0 radical (unpaired) electrons. The maximum atomic E-state index is 6.00. The van der Waals surface area contributed by atoms with Gasteiger partial charge in [-0.05, 0) is 103 Å². The molecule has 4 saturated carbocycles. The lowest BCUT2D eigenvalue weighted by Crippen LogP contribution is -2.14.